The molecule has 0 radical (unpaired) electrons. The molecule has 0 saturated carbocycles. The summed E-state index contributed by atoms with van der Waals surface area (Å²) in [6.07, 6.45) is 0. The van der Waals surface area contributed by atoms with Crippen LogP contribution >= 0.6 is 45.2 Å². The van der Waals surface area contributed by atoms with Crippen molar-refractivity contribution in [3.05, 3.63) is 124 Å². The first-order valence-electron chi connectivity index (χ1n) is 13.9. The van der Waals surface area contributed by atoms with E-state index in [0.717, 1.165) is 0 Å². The smallest absolute Gasteiger partial charge is 0.0300 e. The van der Waals surface area contributed by atoms with Crippen LogP contribution < -0.4 is 0 Å². The molecule has 0 fully saturated rings. The van der Waals surface area contributed by atoms with Gasteiger partial charge in [0.05, 0.1) is 0 Å². The highest BCUT2D eigenvalue weighted by molar-refractivity contribution is 14.1. The van der Waals surface area contributed by atoms with Gasteiger partial charge in [0.15, 0.2) is 0 Å². The Hall–Kier alpha value is -2.44. The van der Waals surface area contributed by atoms with Gasteiger partial charge < -0.3 is 0 Å². The van der Waals surface area contributed by atoms with Crippen LogP contribution in [0.2, 0.25) is 0 Å². The van der Waals surface area contributed by atoms with E-state index in [9.17, 15) is 0 Å². The second kappa shape index (κ2) is 11.4. The Morgan fingerprint density at radius 1 is 0.275 bits per heavy atom. The van der Waals surface area contributed by atoms with Crippen LogP contribution in [0.3, 0.4) is 0 Å². The molecule has 0 heterocycles. The monoisotopic (exact) mass is 746 g/mol. The van der Waals surface area contributed by atoms with Crippen LogP contribution in [0.15, 0.2) is 72.8 Å². The van der Waals surface area contributed by atoms with Crippen molar-refractivity contribution in [3.8, 4) is 44.5 Å². The molecule has 0 spiro atoms. The lowest BCUT2D eigenvalue weighted by molar-refractivity contribution is 1.32. The molecule has 5 rings (SSSR count). The highest BCUT2D eigenvalue weighted by Crippen LogP contribution is 2.53. The number of rotatable bonds is 4. The van der Waals surface area contributed by atoms with E-state index in [4.69, 9.17) is 0 Å². The first-order chi connectivity index (χ1) is 19.0. The fraction of sp³-hybridized carbons (Fsp3) is 0.211. The molecule has 0 aliphatic heterocycles. The molecular weight excluding hydrogens is 710 g/mol. The molecule has 0 nitrogen and oxygen atoms in total. The molecule has 5 aromatic rings. The fourth-order valence-electron chi connectivity index (χ4n) is 6.46. The highest BCUT2D eigenvalue weighted by atomic mass is 127. The summed E-state index contributed by atoms with van der Waals surface area (Å²) in [6, 6.07) is 26.8. The third kappa shape index (κ3) is 4.85. The maximum atomic E-state index is 2.68. The molecule has 0 saturated heterocycles. The zero-order valence-corrected chi connectivity index (χ0v) is 29.0. The topological polar surface area (TPSA) is 0 Å². The maximum Gasteiger partial charge on any atom is 0.0300 e. The molecule has 0 aliphatic carbocycles. The van der Waals surface area contributed by atoms with Crippen molar-refractivity contribution in [2.45, 2.75) is 55.4 Å². The van der Waals surface area contributed by atoms with Gasteiger partial charge in [-0.2, -0.15) is 0 Å². The van der Waals surface area contributed by atoms with Crippen molar-refractivity contribution in [1.29, 1.82) is 0 Å². The van der Waals surface area contributed by atoms with Crippen molar-refractivity contribution in [2.75, 3.05) is 0 Å². The van der Waals surface area contributed by atoms with E-state index in [0.29, 0.717) is 0 Å². The largest absolute Gasteiger partial charge is 0.0617 e. The number of halogens is 2. The quantitative estimate of drug-likeness (QED) is 0.161. The predicted molar refractivity (Wildman–Crippen MR) is 192 cm³/mol. The van der Waals surface area contributed by atoms with Crippen LogP contribution in [0.4, 0.5) is 0 Å². The summed E-state index contributed by atoms with van der Waals surface area (Å²) in [5, 5.41) is 0. The number of hydrogen-bond acceptors (Lipinski definition) is 0. The van der Waals surface area contributed by atoms with E-state index in [2.05, 4.69) is 173 Å². The van der Waals surface area contributed by atoms with Crippen LogP contribution in [0.5, 0.6) is 0 Å². The average Bonchev–Trinajstić information content (AvgIpc) is 2.88. The van der Waals surface area contributed by atoms with Gasteiger partial charge in [0.2, 0.25) is 0 Å². The van der Waals surface area contributed by atoms with Gasteiger partial charge in [0.1, 0.15) is 0 Å². The lowest BCUT2D eigenvalue weighted by atomic mass is 9.79. The van der Waals surface area contributed by atoms with Gasteiger partial charge in [-0.3, -0.25) is 0 Å². The predicted octanol–water partition coefficient (Wildman–Crippen LogP) is 12.0. The average molecular weight is 747 g/mol. The van der Waals surface area contributed by atoms with Gasteiger partial charge in [-0.05, 0) is 167 Å². The summed E-state index contributed by atoms with van der Waals surface area (Å²) < 4.78 is 2.64. The summed E-state index contributed by atoms with van der Waals surface area (Å²) in [5.41, 5.74) is 21.3. The summed E-state index contributed by atoms with van der Waals surface area (Å²) in [7, 11) is 0. The first-order valence-corrected chi connectivity index (χ1v) is 16.0. The Kier molecular flexibility index (Phi) is 8.32. The van der Waals surface area contributed by atoms with Crippen molar-refractivity contribution in [2.24, 2.45) is 0 Å². The first kappa shape index (κ1) is 29.1. The summed E-state index contributed by atoms with van der Waals surface area (Å²) in [6.45, 7) is 18.1. The van der Waals surface area contributed by atoms with E-state index in [1.165, 1.54) is 96.2 Å². The van der Waals surface area contributed by atoms with Gasteiger partial charge in [-0.1, -0.05) is 72.8 Å². The molecule has 2 heteroatoms. The summed E-state index contributed by atoms with van der Waals surface area (Å²) in [4.78, 5) is 0. The van der Waals surface area contributed by atoms with Crippen LogP contribution in [0.25, 0.3) is 44.5 Å². The molecule has 0 amide bonds. The standard InChI is InChI=1S/C38H36I2/c1-21-13-9-14-22(2)29(21)33-34(30-23(3)15-10-16-24(30)4)38(40)36(32-27(7)19-12-20-28(32)8)35(37(33)39)31-25(5)17-11-18-26(31)6/h9-20H,1-8H3. The Labute approximate surface area is 267 Å². The van der Waals surface area contributed by atoms with Crippen molar-refractivity contribution in [3.63, 3.8) is 0 Å². The zero-order valence-electron chi connectivity index (χ0n) is 24.7. The fourth-order valence-corrected chi connectivity index (χ4v) is 8.62. The van der Waals surface area contributed by atoms with Crippen LogP contribution in [0, 0.1) is 62.5 Å². The minimum Gasteiger partial charge on any atom is -0.0617 e. The Bertz CT molecular complexity index is 1450. The second-order valence-corrected chi connectivity index (χ2v) is 13.4. The van der Waals surface area contributed by atoms with E-state index in [-0.39, 0.29) is 0 Å². The Morgan fingerprint density at radius 2 is 0.425 bits per heavy atom. The maximum absolute atomic E-state index is 2.68. The number of benzene rings is 5. The van der Waals surface area contributed by atoms with E-state index < -0.39 is 0 Å². The van der Waals surface area contributed by atoms with Gasteiger partial charge in [0.25, 0.3) is 0 Å². The molecule has 202 valence electrons. The highest BCUT2D eigenvalue weighted by Gasteiger charge is 2.30. The minimum absolute atomic E-state index is 1.31. The zero-order chi connectivity index (χ0) is 28.9. The molecular formula is C38H36I2. The molecule has 0 bridgehead atoms. The minimum atomic E-state index is 1.31. The summed E-state index contributed by atoms with van der Waals surface area (Å²) >= 11 is 5.36. The van der Waals surface area contributed by atoms with Crippen LogP contribution in [-0.4, -0.2) is 0 Å². The SMILES string of the molecule is Cc1cccc(C)c1-c1c(I)c(-c2c(C)cccc2C)c(-c2c(C)cccc2C)c(I)c1-c1c(C)cccc1C. The summed E-state index contributed by atoms with van der Waals surface area (Å²) in [5.74, 6) is 0. The Morgan fingerprint density at radius 3 is 0.575 bits per heavy atom. The van der Waals surface area contributed by atoms with E-state index in [1.807, 2.05) is 0 Å². The van der Waals surface area contributed by atoms with Gasteiger partial charge in [0, 0.05) is 29.4 Å². The second-order valence-electron chi connectivity index (χ2n) is 11.2. The molecule has 0 aliphatic rings. The van der Waals surface area contributed by atoms with E-state index >= 15 is 0 Å². The molecule has 0 aromatic heterocycles. The molecule has 0 N–H and O–H groups in total. The van der Waals surface area contributed by atoms with E-state index in [1.54, 1.807) is 0 Å². The van der Waals surface area contributed by atoms with Gasteiger partial charge >= 0.3 is 0 Å². The number of aryl methyl sites for hydroxylation is 8. The Balaban J connectivity index is 2.15. The third-order valence-electron chi connectivity index (χ3n) is 8.30. The lowest BCUT2D eigenvalue weighted by Crippen LogP contribution is -2.07. The van der Waals surface area contributed by atoms with Crippen molar-refractivity contribution in [1.82, 2.24) is 0 Å². The van der Waals surface area contributed by atoms with Crippen LogP contribution in [0.1, 0.15) is 44.5 Å². The number of hydrogen-bond donors (Lipinski definition) is 0. The molecule has 40 heavy (non-hydrogen) atoms. The normalized spacial score (nSPS) is 11.2. The lowest BCUT2D eigenvalue weighted by Gasteiger charge is -2.28. The third-order valence-corrected chi connectivity index (χ3v) is 10.5. The molecule has 5 aromatic carbocycles. The molecule has 0 unspecified atom stereocenters. The van der Waals surface area contributed by atoms with Gasteiger partial charge in [-0.15, -0.1) is 0 Å². The van der Waals surface area contributed by atoms with Crippen LogP contribution in [-0.2, 0) is 0 Å². The van der Waals surface area contributed by atoms with Crippen molar-refractivity contribution < 1.29 is 0 Å². The van der Waals surface area contributed by atoms with Crippen molar-refractivity contribution >= 4 is 45.2 Å². The van der Waals surface area contributed by atoms with Gasteiger partial charge in [-0.25, -0.2) is 0 Å². The molecule has 0 atom stereocenters.